The predicted molar refractivity (Wildman–Crippen MR) is 207 cm³/mol. The molecule has 7 aromatic rings. The molecular formula is C46H35BN2. The average Bonchev–Trinajstić information content (AvgIpc) is 3.13. The molecule has 10 rings (SSSR count). The van der Waals surface area contributed by atoms with Crippen LogP contribution in [0.15, 0.2) is 158 Å². The van der Waals surface area contributed by atoms with Crippen LogP contribution in [0, 0.1) is 20.8 Å². The van der Waals surface area contributed by atoms with E-state index >= 15 is 0 Å². The van der Waals surface area contributed by atoms with Crippen LogP contribution in [0.5, 0.6) is 0 Å². The molecule has 2 nitrogen and oxygen atoms in total. The normalized spacial score (nSPS) is 14.5. The predicted octanol–water partition coefficient (Wildman–Crippen LogP) is 9.39. The highest BCUT2D eigenvalue weighted by molar-refractivity contribution is 6.98. The molecule has 0 amide bonds. The number of rotatable bonds is 2. The molecule has 3 aliphatic rings. The Morgan fingerprint density at radius 2 is 0.898 bits per heavy atom. The highest BCUT2D eigenvalue weighted by Crippen LogP contribution is 2.63. The third-order valence-electron chi connectivity index (χ3n) is 11.2. The van der Waals surface area contributed by atoms with Crippen molar-refractivity contribution in [3.8, 4) is 0 Å². The second-order valence-electron chi connectivity index (χ2n) is 13.9. The minimum absolute atomic E-state index is 0.111. The zero-order valence-corrected chi connectivity index (χ0v) is 28.0. The van der Waals surface area contributed by atoms with Crippen LogP contribution < -0.4 is 26.2 Å². The van der Waals surface area contributed by atoms with Gasteiger partial charge in [-0.2, -0.15) is 0 Å². The van der Waals surface area contributed by atoms with Gasteiger partial charge in [-0.15, -0.1) is 0 Å². The molecule has 7 aromatic carbocycles. The highest BCUT2D eigenvalue weighted by Gasteiger charge is 2.54. The van der Waals surface area contributed by atoms with Gasteiger partial charge in [0.25, 0.3) is 0 Å². The molecule has 3 aliphatic heterocycles. The van der Waals surface area contributed by atoms with Gasteiger partial charge >= 0.3 is 0 Å². The fourth-order valence-electron chi connectivity index (χ4n) is 9.59. The lowest BCUT2D eigenvalue weighted by atomic mass is 9.33. The van der Waals surface area contributed by atoms with E-state index in [1.807, 2.05) is 0 Å². The van der Waals surface area contributed by atoms with Crippen LogP contribution in [0.25, 0.3) is 0 Å². The van der Waals surface area contributed by atoms with Gasteiger partial charge in [-0.25, -0.2) is 0 Å². The zero-order chi connectivity index (χ0) is 32.9. The Kier molecular flexibility index (Phi) is 5.96. The molecule has 0 fully saturated rings. The van der Waals surface area contributed by atoms with Gasteiger partial charge in [0.2, 0.25) is 6.71 Å². The summed E-state index contributed by atoms with van der Waals surface area (Å²) in [4.78, 5) is 5.03. The Bertz CT molecular complexity index is 2370. The highest BCUT2D eigenvalue weighted by atomic mass is 15.2. The average molecular weight is 627 g/mol. The molecule has 0 aromatic heterocycles. The second kappa shape index (κ2) is 10.4. The number of anilines is 6. The number of hydrogen-bond acceptors (Lipinski definition) is 2. The van der Waals surface area contributed by atoms with E-state index in [0.29, 0.717) is 0 Å². The number of hydrogen-bond donors (Lipinski definition) is 0. The van der Waals surface area contributed by atoms with Crippen LogP contribution in [-0.2, 0) is 5.41 Å². The van der Waals surface area contributed by atoms with Crippen LogP contribution >= 0.6 is 0 Å². The third kappa shape index (κ3) is 3.68. The SMILES string of the molecule is Cc1cc(C)c(B2c3ccccc3N3c4ccccc4C4(c5ccccc5N(c5ccccc5)c5ccccc54)c4cccc2c43)c(C)c1. The maximum Gasteiger partial charge on any atom is 0.247 e. The smallest absolute Gasteiger partial charge is 0.247 e. The summed E-state index contributed by atoms with van der Waals surface area (Å²) in [7, 11) is 0. The lowest BCUT2D eigenvalue weighted by Gasteiger charge is -2.53. The molecule has 3 heterocycles. The van der Waals surface area contributed by atoms with Gasteiger partial charge in [0.15, 0.2) is 0 Å². The van der Waals surface area contributed by atoms with Crippen LogP contribution in [0.4, 0.5) is 34.1 Å². The Hall–Kier alpha value is -5.80. The lowest BCUT2D eigenvalue weighted by molar-refractivity contribution is 0.719. The Balaban J connectivity index is 1.37. The molecule has 0 saturated carbocycles. The van der Waals surface area contributed by atoms with E-state index in [0.717, 1.165) is 5.69 Å². The number of para-hydroxylation sites is 6. The van der Waals surface area contributed by atoms with E-state index in [9.17, 15) is 0 Å². The van der Waals surface area contributed by atoms with Gasteiger partial charge in [0.1, 0.15) is 0 Å². The summed E-state index contributed by atoms with van der Waals surface area (Å²) < 4.78 is 0. The summed E-state index contributed by atoms with van der Waals surface area (Å²) in [5.74, 6) is 0. The fourth-order valence-corrected chi connectivity index (χ4v) is 9.59. The fraction of sp³-hybridized carbons (Fsp3) is 0.0870. The number of fused-ring (bicyclic) bond motifs is 10. The van der Waals surface area contributed by atoms with E-state index in [-0.39, 0.29) is 6.71 Å². The Morgan fingerprint density at radius 1 is 0.429 bits per heavy atom. The van der Waals surface area contributed by atoms with Crippen molar-refractivity contribution in [2.24, 2.45) is 0 Å². The minimum Gasteiger partial charge on any atom is -0.311 e. The topological polar surface area (TPSA) is 6.48 Å². The first kappa shape index (κ1) is 28.2. The quantitative estimate of drug-likeness (QED) is 0.177. The largest absolute Gasteiger partial charge is 0.311 e. The number of nitrogens with zero attached hydrogens (tertiary/aromatic N) is 2. The second-order valence-corrected chi connectivity index (χ2v) is 13.9. The zero-order valence-electron chi connectivity index (χ0n) is 28.0. The van der Waals surface area contributed by atoms with Crippen molar-refractivity contribution in [1.29, 1.82) is 0 Å². The maximum atomic E-state index is 2.57. The van der Waals surface area contributed by atoms with Gasteiger partial charge in [-0.3, -0.25) is 0 Å². The molecular weight excluding hydrogens is 591 g/mol. The first-order chi connectivity index (χ1) is 24.1. The van der Waals surface area contributed by atoms with Gasteiger partial charge in [-0.05, 0) is 90.3 Å². The van der Waals surface area contributed by atoms with E-state index in [1.165, 1.54) is 83.8 Å². The molecule has 0 bridgehead atoms. The lowest BCUT2D eigenvalue weighted by Crippen LogP contribution is -2.60. The summed E-state index contributed by atoms with van der Waals surface area (Å²) in [6.07, 6.45) is 0. The van der Waals surface area contributed by atoms with Crippen LogP contribution in [0.2, 0.25) is 0 Å². The van der Waals surface area contributed by atoms with Crippen molar-refractivity contribution >= 4 is 57.2 Å². The van der Waals surface area contributed by atoms with Crippen LogP contribution in [0.3, 0.4) is 0 Å². The standard InChI is InChI=1S/C46H35BN2/c1-30-28-31(2)44(32(3)29-30)47-38-22-10-14-27-43(38)49-42-26-13-9-20-36(42)46(37-21-15-23-39(47)45(37)49)34-18-7-11-24-40(34)48(33-16-5-4-6-17-33)41-25-12-8-19-35(41)46/h4-29H,1-3H3. The molecule has 0 radical (unpaired) electrons. The van der Waals surface area contributed by atoms with Gasteiger partial charge in [0, 0.05) is 17.1 Å². The first-order valence-corrected chi connectivity index (χ1v) is 17.3. The Morgan fingerprint density at radius 3 is 1.51 bits per heavy atom. The number of aryl methyl sites for hydroxylation is 3. The third-order valence-corrected chi connectivity index (χ3v) is 11.2. The van der Waals surface area contributed by atoms with Crippen molar-refractivity contribution in [3.63, 3.8) is 0 Å². The molecule has 49 heavy (non-hydrogen) atoms. The molecule has 0 saturated heterocycles. The monoisotopic (exact) mass is 626 g/mol. The first-order valence-electron chi connectivity index (χ1n) is 17.3. The van der Waals surface area contributed by atoms with Gasteiger partial charge in [-0.1, -0.05) is 143 Å². The molecule has 0 aliphatic carbocycles. The van der Waals surface area contributed by atoms with Crippen LogP contribution in [-0.4, -0.2) is 6.71 Å². The Labute approximate surface area is 289 Å². The van der Waals surface area contributed by atoms with Gasteiger partial charge in [0.05, 0.1) is 22.5 Å². The summed E-state index contributed by atoms with van der Waals surface area (Å²) in [6, 6.07) is 59.1. The van der Waals surface area contributed by atoms with Crippen molar-refractivity contribution in [2.75, 3.05) is 9.80 Å². The van der Waals surface area contributed by atoms with Crippen molar-refractivity contribution in [1.82, 2.24) is 0 Å². The van der Waals surface area contributed by atoms with E-state index < -0.39 is 5.41 Å². The maximum absolute atomic E-state index is 2.57. The van der Waals surface area contributed by atoms with E-state index in [1.54, 1.807) is 0 Å². The summed E-state index contributed by atoms with van der Waals surface area (Å²) in [5, 5.41) is 0. The number of benzene rings is 7. The van der Waals surface area contributed by atoms with Crippen molar-refractivity contribution in [3.05, 3.63) is 197 Å². The molecule has 3 heteroatoms. The molecule has 1 spiro atoms. The van der Waals surface area contributed by atoms with E-state index in [2.05, 4.69) is 188 Å². The summed E-state index contributed by atoms with van der Waals surface area (Å²) >= 11 is 0. The van der Waals surface area contributed by atoms with Crippen molar-refractivity contribution in [2.45, 2.75) is 26.2 Å². The van der Waals surface area contributed by atoms with Gasteiger partial charge < -0.3 is 9.80 Å². The molecule has 232 valence electrons. The minimum atomic E-state index is -0.537. The molecule has 0 N–H and O–H groups in total. The molecule has 0 unspecified atom stereocenters. The molecule has 0 atom stereocenters. The van der Waals surface area contributed by atoms with Crippen molar-refractivity contribution < 1.29 is 0 Å². The summed E-state index contributed by atoms with van der Waals surface area (Å²) in [5.41, 5.74) is 20.2. The van der Waals surface area contributed by atoms with E-state index in [4.69, 9.17) is 0 Å². The van der Waals surface area contributed by atoms with Crippen LogP contribution in [0.1, 0.15) is 38.9 Å². The summed E-state index contributed by atoms with van der Waals surface area (Å²) in [6.45, 7) is 6.91.